The third-order valence-corrected chi connectivity index (χ3v) is 3.80. The van der Waals surface area contributed by atoms with Gasteiger partial charge in [0.05, 0.1) is 0 Å². The summed E-state index contributed by atoms with van der Waals surface area (Å²) in [6.07, 6.45) is 0.607. The van der Waals surface area contributed by atoms with Crippen LogP contribution in [-0.2, 0) is 16.0 Å². The zero-order valence-electron chi connectivity index (χ0n) is 14.1. The first-order valence-corrected chi connectivity index (χ1v) is 8.24. The summed E-state index contributed by atoms with van der Waals surface area (Å²) in [4.78, 5) is 23.6. The fourth-order valence-electron chi connectivity index (χ4n) is 2.50. The van der Waals surface area contributed by atoms with E-state index in [-0.39, 0.29) is 11.3 Å². The number of phenolic OH excluding ortho intramolecular Hbond substituents is 1. The van der Waals surface area contributed by atoms with Gasteiger partial charge in [0.25, 0.3) is 5.91 Å². The fraction of sp³-hybridized carbons (Fsp3) is 0.263. The van der Waals surface area contributed by atoms with Crippen LogP contribution in [-0.4, -0.2) is 43.3 Å². The first-order chi connectivity index (χ1) is 12.6. The van der Waals surface area contributed by atoms with Crippen molar-refractivity contribution in [3.63, 3.8) is 0 Å². The molecule has 1 amide bonds. The number of ether oxygens (including phenoxy) is 3. The first kappa shape index (κ1) is 17.6. The molecule has 0 aliphatic carbocycles. The first-order valence-electron chi connectivity index (χ1n) is 8.24. The van der Waals surface area contributed by atoms with E-state index in [1.54, 1.807) is 12.1 Å². The zero-order chi connectivity index (χ0) is 18.4. The highest BCUT2D eigenvalue weighted by atomic mass is 16.6. The minimum atomic E-state index is -0.745. The summed E-state index contributed by atoms with van der Waals surface area (Å²) in [5, 5.41) is 12.3. The normalized spacial score (nSPS) is 12.3. The van der Waals surface area contributed by atoms with Crippen LogP contribution in [0, 0.1) is 0 Å². The van der Waals surface area contributed by atoms with Gasteiger partial charge < -0.3 is 24.6 Å². The monoisotopic (exact) mass is 357 g/mol. The quantitative estimate of drug-likeness (QED) is 0.764. The van der Waals surface area contributed by atoms with Gasteiger partial charge in [-0.15, -0.1) is 0 Å². The highest BCUT2D eigenvalue weighted by Crippen LogP contribution is 2.30. The summed E-state index contributed by atoms with van der Waals surface area (Å²) >= 11 is 0. The standard InChI is InChI=1S/C19H19NO6/c21-15-4-2-1-3-14(15)19(23)26-12-18(22)20-8-7-13-5-6-16-17(11-13)25-10-9-24-16/h1-6,11,21H,7-10,12H2,(H,20,22). The van der Waals surface area contributed by atoms with Crippen LogP contribution in [0.5, 0.6) is 17.2 Å². The summed E-state index contributed by atoms with van der Waals surface area (Å²) in [5.74, 6) is 0.0877. The Labute approximate surface area is 150 Å². The Kier molecular flexibility index (Phi) is 5.58. The molecule has 1 aliphatic heterocycles. The van der Waals surface area contributed by atoms with Crippen molar-refractivity contribution in [3.8, 4) is 17.2 Å². The Morgan fingerprint density at radius 2 is 1.85 bits per heavy atom. The highest BCUT2D eigenvalue weighted by molar-refractivity contribution is 5.93. The van der Waals surface area contributed by atoms with Crippen molar-refractivity contribution >= 4 is 11.9 Å². The van der Waals surface area contributed by atoms with Crippen molar-refractivity contribution in [2.45, 2.75) is 6.42 Å². The number of esters is 1. The van der Waals surface area contributed by atoms with E-state index in [1.165, 1.54) is 12.1 Å². The number of fused-ring (bicyclic) bond motifs is 1. The van der Waals surface area contributed by atoms with E-state index in [1.807, 2.05) is 18.2 Å². The Morgan fingerprint density at radius 3 is 2.65 bits per heavy atom. The van der Waals surface area contributed by atoms with Crippen LogP contribution < -0.4 is 14.8 Å². The maximum Gasteiger partial charge on any atom is 0.342 e. The molecule has 136 valence electrons. The predicted molar refractivity (Wildman–Crippen MR) is 92.5 cm³/mol. The van der Waals surface area contributed by atoms with E-state index in [4.69, 9.17) is 14.2 Å². The summed E-state index contributed by atoms with van der Waals surface area (Å²) in [6, 6.07) is 11.7. The maximum atomic E-state index is 11.8. The Bertz CT molecular complexity index is 804. The van der Waals surface area contributed by atoms with Crippen LogP contribution in [0.3, 0.4) is 0 Å². The molecule has 7 heteroatoms. The molecule has 0 fully saturated rings. The van der Waals surface area contributed by atoms with Crippen molar-refractivity contribution in [2.75, 3.05) is 26.4 Å². The van der Waals surface area contributed by atoms with Gasteiger partial charge in [-0.05, 0) is 36.2 Å². The van der Waals surface area contributed by atoms with Crippen molar-refractivity contribution in [2.24, 2.45) is 0 Å². The molecule has 3 rings (SSSR count). The molecule has 1 aliphatic rings. The maximum absolute atomic E-state index is 11.8. The van der Waals surface area contributed by atoms with Crippen LogP contribution in [0.4, 0.5) is 0 Å². The molecule has 0 bridgehead atoms. The lowest BCUT2D eigenvalue weighted by Gasteiger charge is -2.18. The molecule has 0 radical (unpaired) electrons. The topological polar surface area (TPSA) is 94.1 Å². The highest BCUT2D eigenvalue weighted by Gasteiger charge is 2.14. The lowest BCUT2D eigenvalue weighted by molar-refractivity contribution is -0.124. The zero-order valence-corrected chi connectivity index (χ0v) is 14.1. The minimum Gasteiger partial charge on any atom is -0.507 e. The predicted octanol–water partition coefficient (Wildman–Crippen LogP) is 1.68. The molecule has 2 aromatic rings. The molecule has 0 saturated carbocycles. The van der Waals surface area contributed by atoms with Crippen LogP contribution >= 0.6 is 0 Å². The van der Waals surface area contributed by atoms with Gasteiger partial charge in [-0.3, -0.25) is 4.79 Å². The molecule has 0 atom stereocenters. The third-order valence-electron chi connectivity index (χ3n) is 3.80. The van der Waals surface area contributed by atoms with E-state index >= 15 is 0 Å². The van der Waals surface area contributed by atoms with Crippen molar-refractivity contribution in [1.29, 1.82) is 0 Å². The average Bonchev–Trinajstić information content (AvgIpc) is 2.66. The Balaban J connectivity index is 1.42. The lowest BCUT2D eigenvalue weighted by Crippen LogP contribution is -2.30. The van der Waals surface area contributed by atoms with Gasteiger partial charge >= 0.3 is 5.97 Å². The Hall–Kier alpha value is -3.22. The van der Waals surface area contributed by atoms with Gasteiger partial charge in [-0.25, -0.2) is 4.79 Å². The van der Waals surface area contributed by atoms with E-state index in [0.717, 1.165) is 11.3 Å². The van der Waals surface area contributed by atoms with Gasteiger partial charge in [-0.2, -0.15) is 0 Å². The number of benzene rings is 2. The molecule has 2 N–H and O–H groups in total. The molecular weight excluding hydrogens is 338 g/mol. The molecule has 0 aromatic heterocycles. The molecular formula is C19H19NO6. The number of carbonyl (C=O) groups excluding carboxylic acids is 2. The van der Waals surface area contributed by atoms with Crippen LogP contribution in [0.25, 0.3) is 0 Å². The number of nitrogens with one attached hydrogen (secondary N) is 1. The molecule has 7 nitrogen and oxygen atoms in total. The van der Waals surface area contributed by atoms with Gasteiger partial charge in [0.2, 0.25) is 0 Å². The van der Waals surface area contributed by atoms with Crippen LogP contribution in [0.15, 0.2) is 42.5 Å². The van der Waals surface area contributed by atoms with E-state index in [9.17, 15) is 14.7 Å². The number of carbonyl (C=O) groups is 2. The fourth-order valence-corrected chi connectivity index (χ4v) is 2.50. The summed E-state index contributed by atoms with van der Waals surface area (Å²) in [5.41, 5.74) is 1.03. The third kappa shape index (κ3) is 4.44. The smallest absolute Gasteiger partial charge is 0.342 e. The van der Waals surface area contributed by atoms with Crippen molar-refractivity contribution < 1.29 is 28.9 Å². The van der Waals surface area contributed by atoms with Gasteiger partial charge in [-0.1, -0.05) is 18.2 Å². The largest absolute Gasteiger partial charge is 0.507 e. The van der Waals surface area contributed by atoms with Gasteiger partial charge in [0.15, 0.2) is 18.1 Å². The molecule has 2 aromatic carbocycles. The van der Waals surface area contributed by atoms with Gasteiger partial charge in [0.1, 0.15) is 24.5 Å². The average molecular weight is 357 g/mol. The minimum absolute atomic E-state index is 0.0246. The number of aromatic hydroxyl groups is 1. The second kappa shape index (κ2) is 8.24. The second-order valence-corrected chi connectivity index (χ2v) is 5.67. The van der Waals surface area contributed by atoms with Crippen LogP contribution in [0.2, 0.25) is 0 Å². The van der Waals surface area contributed by atoms with Crippen molar-refractivity contribution in [1.82, 2.24) is 5.32 Å². The molecule has 0 spiro atoms. The summed E-state index contributed by atoms with van der Waals surface area (Å²) in [6.45, 7) is 1.05. The second-order valence-electron chi connectivity index (χ2n) is 5.67. The van der Waals surface area contributed by atoms with E-state index < -0.39 is 18.5 Å². The summed E-state index contributed by atoms with van der Waals surface area (Å²) in [7, 11) is 0. The lowest BCUT2D eigenvalue weighted by atomic mass is 10.1. The van der Waals surface area contributed by atoms with E-state index in [2.05, 4.69) is 5.32 Å². The summed E-state index contributed by atoms with van der Waals surface area (Å²) < 4.78 is 15.9. The number of hydrogen-bond donors (Lipinski definition) is 2. The molecule has 0 saturated heterocycles. The molecule has 26 heavy (non-hydrogen) atoms. The number of rotatable bonds is 6. The number of phenols is 1. The van der Waals surface area contributed by atoms with Crippen LogP contribution in [0.1, 0.15) is 15.9 Å². The molecule has 1 heterocycles. The number of para-hydroxylation sites is 1. The van der Waals surface area contributed by atoms with Gasteiger partial charge in [0, 0.05) is 6.54 Å². The number of amides is 1. The Morgan fingerprint density at radius 1 is 1.08 bits per heavy atom. The van der Waals surface area contributed by atoms with E-state index in [0.29, 0.717) is 31.9 Å². The van der Waals surface area contributed by atoms with Crippen molar-refractivity contribution in [3.05, 3.63) is 53.6 Å². The SMILES string of the molecule is O=C(COC(=O)c1ccccc1O)NCCc1ccc2c(c1)OCCO2. The molecule has 0 unspecified atom stereocenters. The number of hydrogen-bond acceptors (Lipinski definition) is 6.